The van der Waals surface area contributed by atoms with Crippen LogP contribution in [0.4, 0.5) is 10.1 Å². The molecule has 0 bridgehead atoms. The molecule has 0 spiro atoms. The molecule has 0 aliphatic carbocycles. The maximum Gasteiger partial charge on any atom is 0.146 e. The highest BCUT2D eigenvalue weighted by Gasteiger charge is 2.33. The van der Waals surface area contributed by atoms with Gasteiger partial charge in [0.05, 0.1) is 5.69 Å². The molecule has 0 amide bonds. The zero-order valence-electron chi connectivity index (χ0n) is 12.2. The number of anilines is 1. The number of nitrogens with zero attached hydrogens (tertiary/aromatic N) is 2. The summed E-state index contributed by atoms with van der Waals surface area (Å²) in [5, 5.41) is 0. The molecule has 19 heavy (non-hydrogen) atoms. The summed E-state index contributed by atoms with van der Waals surface area (Å²) in [6.45, 7) is 5.86. The number of hydrogen-bond acceptors (Lipinski definition) is 3. The van der Waals surface area contributed by atoms with Crippen molar-refractivity contribution >= 4 is 5.69 Å². The number of benzene rings is 1. The third-order valence-electron chi connectivity index (χ3n) is 4.06. The number of para-hydroxylation sites is 1. The maximum absolute atomic E-state index is 14.2. The van der Waals surface area contributed by atoms with E-state index < -0.39 is 0 Å². The van der Waals surface area contributed by atoms with Gasteiger partial charge >= 0.3 is 0 Å². The summed E-state index contributed by atoms with van der Waals surface area (Å²) in [6, 6.07) is 5.49. The fourth-order valence-corrected chi connectivity index (χ4v) is 3.04. The summed E-state index contributed by atoms with van der Waals surface area (Å²) in [6.07, 6.45) is 0. The van der Waals surface area contributed by atoms with Gasteiger partial charge in [-0.2, -0.15) is 0 Å². The molecule has 1 aromatic rings. The molecule has 2 unspecified atom stereocenters. The summed E-state index contributed by atoms with van der Waals surface area (Å²) in [5.74, 6) is 0.358. The molecule has 106 valence electrons. The van der Waals surface area contributed by atoms with Crippen LogP contribution in [0, 0.1) is 11.7 Å². The number of likely N-dealkylation sites (N-methyl/N-ethyl adjacent to an activating group) is 1. The van der Waals surface area contributed by atoms with E-state index in [2.05, 4.69) is 30.8 Å². The van der Waals surface area contributed by atoms with Gasteiger partial charge in [-0.1, -0.05) is 19.1 Å². The van der Waals surface area contributed by atoms with Crippen molar-refractivity contribution in [1.29, 1.82) is 0 Å². The van der Waals surface area contributed by atoms with Gasteiger partial charge in [0.1, 0.15) is 5.82 Å². The normalized spacial score (nSPS) is 25.1. The topological polar surface area (TPSA) is 32.5 Å². The second-order valence-corrected chi connectivity index (χ2v) is 5.88. The molecular weight excluding hydrogens is 241 g/mol. The van der Waals surface area contributed by atoms with E-state index in [0.29, 0.717) is 17.6 Å². The van der Waals surface area contributed by atoms with Crippen molar-refractivity contribution in [3.8, 4) is 0 Å². The minimum atomic E-state index is -0.165. The highest BCUT2D eigenvalue weighted by molar-refractivity contribution is 5.57. The molecular formula is C15H24FN3. The van der Waals surface area contributed by atoms with Crippen molar-refractivity contribution in [3.63, 3.8) is 0 Å². The average molecular weight is 265 g/mol. The third kappa shape index (κ3) is 2.74. The van der Waals surface area contributed by atoms with Gasteiger partial charge in [0.15, 0.2) is 0 Å². The fraction of sp³-hybridized carbons (Fsp3) is 0.600. The quantitative estimate of drug-likeness (QED) is 0.909. The van der Waals surface area contributed by atoms with Gasteiger partial charge < -0.3 is 15.5 Å². The number of nitrogens with two attached hydrogens (primary N) is 1. The van der Waals surface area contributed by atoms with E-state index in [0.717, 1.165) is 18.7 Å². The van der Waals surface area contributed by atoms with Crippen LogP contribution in [0.25, 0.3) is 0 Å². The van der Waals surface area contributed by atoms with Gasteiger partial charge in [0.2, 0.25) is 0 Å². The minimum Gasteiger partial charge on any atom is -0.367 e. The molecule has 0 radical (unpaired) electrons. The van der Waals surface area contributed by atoms with Crippen molar-refractivity contribution in [2.45, 2.75) is 25.9 Å². The first-order valence-corrected chi connectivity index (χ1v) is 6.87. The number of rotatable bonds is 3. The Balaban J connectivity index is 2.33. The Morgan fingerprint density at radius 1 is 1.37 bits per heavy atom. The van der Waals surface area contributed by atoms with Crippen molar-refractivity contribution < 1.29 is 4.39 Å². The van der Waals surface area contributed by atoms with Gasteiger partial charge in [0.25, 0.3) is 0 Å². The van der Waals surface area contributed by atoms with Crippen molar-refractivity contribution in [1.82, 2.24) is 4.90 Å². The Hall–Kier alpha value is -1.13. The maximum atomic E-state index is 14.2. The van der Waals surface area contributed by atoms with Crippen molar-refractivity contribution in [3.05, 3.63) is 29.6 Å². The first-order valence-electron chi connectivity index (χ1n) is 6.87. The van der Waals surface area contributed by atoms with E-state index in [9.17, 15) is 4.39 Å². The van der Waals surface area contributed by atoms with Crippen molar-refractivity contribution in [2.75, 3.05) is 32.1 Å². The lowest BCUT2D eigenvalue weighted by Gasteiger charge is -2.25. The van der Waals surface area contributed by atoms with Crippen molar-refractivity contribution in [2.24, 2.45) is 11.7 Å². The van der Waals surface area contributed by atoms with Crippen LogP contribution in [-0.4, -0.2) is 38.1 Å². The molecule has 4 heteroatoms. The Kier molecular flexibility index (Phi) is 4.11. The lowest BCUT2D eigenvalue weighted by atomic mass is 10.1. The van der Waals surface area contributed by atoms with Crippen LogP contribution in [0.15, 0.2) is 18.2 Å². The predicted octanol–water partition coefficient (Wildman–Crippen LogP) is 2.23. The first-order chi connectivity index (χ1) is 8.91. The molecule has 3 atom stereocenters. The summed E-state index contributed by atoms with van der Waals surface area (Å²) in [7, 11) is 4.16. The predicted molar refractivity (Wildman–Crippen MR) is 77.9 cm³/mol. The minimum absolute atomic E-state index is 0.153. The van der Waals surface area contributed by atoms with Crippen LogP contribution in [0.5, 0.6) is 0 Å². The first kappa shape index (κ1) is 14.3. The highest BCUT2D eigenvalue weighted by atomic mass is 19.1. The lowest BCUT2D eigenvalue weighted by molar-refractivity contribution is 0.266. The van der Waals surface area contributed by atoms with Gasteiger partial charge in [-0.05, 0) is 38.6 Å². The Morgan fingerprint density at radius 2 is 2.05 bits per heavy atom. The summed E-state index contributed by atoms with van der Waals surface area (Å²) < 4.78 is 14.2. The number of hydrogen-bond donors (Lipinski definition) is 1. The second kappa shape index (κ2) is 5.47. The van der Waals surface area contributed by atoms with Gasteiger partial charge in [-0.25, -0.2) is 4.39 Å². The number of halogens is 1. The van der Waals surface area contributed by atoms with Crippen LogP contribution < -0.4 is 10.6 Å². The van der Waals surface area contributed by atoms with Crippen LogP contribution in [0.3, 0.4) is 0 Å². The molecule has 2 N–H and O–H groups in total. The molecule has 1 aliphatic heterocycles. The van der Waals surface area contributed by atoms with E-state index in [-0.39, 0.29) is 11.9 Å². The Bertz CT molecular complexity index is 445. The Labute approximate surface area is 115 Å². The second-order valence-electron chi connectivity index (χ2n) is 5.88. The lowest BCUT2D eigenvalue weighted by Crippen LogP contribution is -2.34. The molecule has 0 aromatic heterocycles. The SMILES string of the molecule is CC1CN(c2c(F)cccc2[C@@H](C)N)CC1N(C)C. The van der Waals surface area contributed by atoms with Gasteiger partial charge in [-0.3, -0.25) is 0 Å². The summed E-state index contributed by atoms with van der Waals surface area (Å²) in [5.41, 5.74) is 7.56. The van der Waals surface area contributed by atoms with Gasteiger partial charge in [-0.15, -0.1) is 0 Å². The smallest absolute Gasteiger partial charge is 0.146 e. The van der Waals surface area contributed by atoms with E-state index in [1.165, 1.54) is 6.07 Å². The zero-order valence-corrected chi connectivity index (χ0v) is 12.2. The molecule has 3 nitrogen and oxygen atoms in total. The molecule has 1 aromatic carbocycles. The third-order valence-corrected chi connectivity index (χ3v) is 4.06. The van der Waals surface area contributed by atoms with Crippen LogP contribution in [0.1, 0.15) is 25.5 Å². The largest absolute Gasteiger partial charge is 0.367 e. The van der Waals surface area contributed by atoms with Gasteiger partial charge in [0, 0.05) is 25.2 Å². The van der Waals surface area contributed by atoms with Crippen LogP contribution in [-0.2, 0) is 0 Å². The van der Waals surface area contributed by atoms with E-state index >= 15 is 0 Å². The molecule has 1 fully saturated rings. The monoisotopic (exact) mass is 265 g/mol. The zero-order chi connectivity index (χ0) is 14.2. The molecule has 0 saturated carbocycles. The molecule has 1 aliphatic rings. The average Bonchev–Trinajstić information content (AvgIpc) is 2.70. The molecule has 2 rings (SSSR count). The fourth-order valence-electron chi connectivity index (χ4n) is 3.04. The molecule has 1 heterocycles. The summed E-state index contributed by atoms with van der Waals surface area (Å²) >= 11 is 0. The van der Waals surface area contributed by atoms with E-state index in [1.807, 2.05) is 13.0 Å². The van der Waals surface area contributed by atoms with E-state index in [1.54, 1.807) is 6.07 Å². The van der Waals surface area contributed by atoms with Crippen LogP contribution in [0.2, 0.25) is 0 Å². The Morgan fingerprint density at radius 3 is 2.58 bits per heavy atom. The summed E-state index contributed by atoms with van der Waals surface area (Å²) in [4.78, 5) is 4.36. The highest BCUT2D eigenvalue weighted by Crippen LogP contribution is 2.33. The van der Waals surface area contributed by atoms with E-state index in [4.69, 9.17) is 5.73 Å². The standard InChI is InChI=1S/C15H24FN3/c1-10-8-19(9-14(10)18(3)4)15-12(11(2)17)6-5-7-13(15)16/h5-7,10-11,14H,8-9,17H2,1-4H3/t10?,11-,14?/m1/s1. The molecule has 1 saturated heterocycles. The van der Waals surface area contributed by atoms with Crippen LogP contribution >= 0.6 is 0 Å².